The smallest absolute Gasteiger partial charge is 0.257 e. The van der Waals surface area contributed by atoms with Crippen molar-refractivity contribution in [3.05, 3.63) is 54.3 Å². The Bertz CT molecular complexity index is 1000. The normalized spacial score (nSPS) is 14.9. The van der Waals surface area contributed by atoms with Crippen LogP contribution in [0.4, 0.5) is 15.9 Å². The van der Waals surface area contributed by atoms with Crippen LogP contribution in [0.1, 0.15) is 12.8 Å². The van der Waals surface area contributed by atoms with Crippen molar-refractivity contribution in [3.63, 3.8) is 0 Å². The minimum atomic E-state index is -0.366. The Morgan fingerprint density at radius 2 is 1.82 bits per heavy atom. The quantitative estimate of drug-likeness (QED) is 0.749. The van der Waals surface area contributed by atoms with Gasteiger partial charge in [0.25, 0.3) is 5.88 Å². The number of fused-ring (bicyclic) bond motifs is 1. The number of hydrogen-bond donors (Lipinski definition) is 1. The lowest BCUT2D eigenvalue weighted by Crippen LogP contribution is -2.38. The minimum absolute atomic E-state index is 0.0817. The van der Waals surface area contributed by atoms with Gasteiger partial charge in [0, 0.05) is 24.7 Å². The molecule has 3 aromatic rings. The highest BCUT2D eigenvalue weighted by Crippen LogP contribution is 2.30. The Labute approximate surface area is 162 Å². The molecule has 0 saturated carbocycles. The van der Waals surface area contributed by atoms with Crippen molar-refractivity contribution in [2.45, 2.75) is 12.8 Å². The molecule has 2 heterocycles. The monoisotopic (exact) mass is 380 g/mol. The van der Waals surface area contributed by atoms with Gasteiger partial charge in [-0.05, 0) is 43.2 Å². The summed E-state index contributed by atoms with van der Waals surface area (Å²) in [5.41, 5.74) is 2.08. The van der Waals surface area contributed by atoms with Crippen LogP contribution >= 0.6 is 0 Å². The van der Waals surface area contributed by atoms with E-state index in [0.717, 1.165) is 11.0 Å². The molecule has 1 saturated heterocycles. The summed E-state index contributed by atoms with van der Waals surface area (Å²) >= 11 is 0. The maximum absolute atomic E-state index is 13.3. The summed E-state index contributed by atoms with van der Waals surface area (Å²) < 4.78 is 18.7. The summed E-state index contributed by atoms with van der Waals surface area (Å²) in [5.74, 6) is 0.613. The van der Waals surface area contributed by atoms with E-state index in [4.69, 9.17) is 9.72 Å². The maximum Gasteiger partial charge on any atom is 0.257 e. The molecule has 2 aromatic carbocycles. The van der Waals surface area contributed by atoms with E-state index in [-0.39, 0.29) is 17.6 Å². The third-order valence-electron chi connectivity index (χ3n) is 4.97. The van der Waals surface area contributed by atoms with E-state index in [9.17, 15) is 9.18 Å². The van der Waals surface area contributed by atoms with Gasteiger partial charge in [-0.1, -0.05) is 18.2 Å². The molecule has 6 nitrogen and oxygen atoms in total. The summed E-state index contributed by atoms with van der Waals surface area (Å²) in [6.45, 7) is 1.34. The van der Waals surface area contributed by atoms with E-state index < -0.39 is 0 Å². The first-order valence-electron chi connectivity index (χ1n) is 9.26. The summed E-state index contributed by atoms with van der Waals surface area (Å²) in [6, 6.07) is 13.6. The van der Waals surface area contributed by atoms with Gasteiger partial charge in [0.1, 0.15) is 5.82 Å². The van der Waals surface area contributed by atoms with Gasteiger partial charge in [-0.15, -0.1) is 0 Å². The fraction of sp³-hybridized carbons (Fsp3) is 0.286. The molecule has 7 heteroatoms. The fourth-order valence-corrected chi connectivity index (χ4v) is 3.48. The Morgan fingerprint density at radius 3 is 2.50 bits per heavy atom. The van der Waals surface area contributed by atoms with Crippen molar-refractivity contribution in [1.29, 1.82) is 0 Å². The Balaban J connectivity index is 1.45. The van der Waals surface area contributed by atoms with Crippen molar-refractivity contribution in [2.24, 2.45) is 5.92 Å². The molecule has 1 amide bonds. The number of hydrogen-bond acceptors (Lipinski definition) is 5. The van der Waals surface area contributed by atoms with E-state index in [1.807, 2.05) is 24.3 Å². The summed E-state index contributed by atoms with van der Waals surface area (Å²) in [7, 11) is 1.58. The largest absolute Gasteiger partial charge is 0.478 e. The number of amides is 1. The van der Waals surface area contributed by atoms with Crippen LogP contribution in [-0.4, -0.2) is 36.1 Å². The van der Waals surface area contributed by atoms with E-state index in [1.165, 1.54) is 12.1 Å². The standard InChI is InChI=1S/C21H21FN4O2/c1-28-21-19(24-17-7-2-3-8-18(17)25-21)26-11-9-14(10-12-26)20(27)23-16-6-4-5-15(22)13-16/h2-8,13-14H,9-12H2,1H3,(H,23,27). The highest BCUT2D eigenvalue weighted by Gasteiger charge is 2.27. The average Bonchev–Trinajstić information content (AvgIpc) is 2.73. The zero-order chi connectivity index (χ0) is 19.5. The predicted octanol–water partition coefficient (Wildman–Crippen LogP) is 3.63. The van der Waals surface area contributed by atoms with Gasteiger partial charge in [-0.3, -0.25) is 4.79 Å². The van der Waals surface area contributed by atoms with Crippen LogP contribution in [0.15, 0.2) is 48.5 Å². The molecule has 1 aromatic heterocycles. The molecule has 0 radical (unpaired) electrons. The molecule has 0 unspecified atom stereocenters. The van der Waals surface area contributed by atoms with Gasteiger partial charge in [0.05, 0.1) is 18.1 Å². The van der Waals surface area contributed by atoms with E-state index in [1.54, 1.807) is 19.2 Å². The second kappa shape index (κ2) is 7.80. The predicted molar refractivity (Wildman–Crippen MR) is 106 cm³/mol. The molecule has 0 atom stereocenters. The number of halogens is 1. The number of nitrogens with zero attached hydrogens (tertiary/aromatic N) is 3. The molecule has 0 bridgehead atoms. The Kier molecular flexibility index (Phi) is 5.06. The Hall–Kier alpha value is -3.22. The van der Waals surface area contributed by atoms with Gasteiger partial charge in [0.15, 0.2) is 5.82 Å². The number of nitrogens with one attached hydrogen (secondary N) is 1. The van der Waals surface area contributed by atoms with Crippen molar-refractivity contribution in [1.82, 2.24) is 9.97 Å². The topological polar surface area (TPSA) is 67.4 Å². The number of benzene rings is 2. The zero-order valence-electron chi connectivity index (χ0n) is 15.6. The van der Waals surface area contributed by atoms with Crippen LogP contribution in [0, 0.1) is 11.7 Å². The first-order valence-corrected chi connectivity index (χ1v) is 9.26. The highest BCUT2D eigenvalue weighted by atomic mass is 19.1. The highest BCUT2D eigenvalue weighted by molar-refractivity contribution is 5.92. The van der Waals surface area contributed by atoms with Gasteiger partial charge in [0.2, 0.25) is 5.91 Å². The molecule has 28 heavy (non-hydrogen) atoms. The van der Waals surface area contributed by atoms with Crippen LogP contribution in [-0.2, 0) is 4.79 Å². The van der Waals surface area contributed by atoms with Crippen LogP contribution in [0.25, 0.3) is 11.0 Å². The zero-order valence-corrected chi connectivity index (χ0v) is 15.6. The van der Waals surface area contributed by atoms with E-state index >= 15 is 0 Å². The average molecular weight is 380 g/mol. The first kappa shape index (κ1) is 18.2. The molecular weight excluding hydrogens is 359 g/mol. The van der Waals surface area contributed by atoms with Crippen molar-refractivity contribution in [3.8, 4) is 5.88 Å². The lowest BCUT2D eigenvalue weighted by molar-refractivity contribution is -0.120. The second-order valence-electron chi connectivity index (χ2n) is 6.81. The number of carbonyl (C=O) groups is 1. The van der Waals surface area contributed by atoms with Gasteiger partial charge >= 0.3 is 0 Å². The van der Waals surface area contributed by atoms with Crippen LogP contribution < -0.4 is 15.0 Å². The number of para-hydroxylation sites is 2. The summed E-state index contributed by atoms with van der Waals surface area (Å²) in [5, 5.41) is 2.80. The molecule has 144 valence electrons. The molecule has 4 rings (SSSR count). The SMILES string of the molecule is COc1nc2ccccc2nc1N1CCC(C(=O)Nc2cccc(F)c2)CC1. The molecule has 0 spiro atoms. The number of carbonyl (C=O) groups excluding carboxylic acids is 1. The summed E-state index contributed by atoms with van der Waals surface area (Å²) in [6.07, 6.45) is 1.36. The molecule has 1 aliphatic heterocycles. The Morgan fingerprint density at radius 1 is 1.11 bits per heavy atom. The van der Waals surface area contributed by atoms with Crippen molar-refractivity contribution >= 4 is 28.4 Å². The maximum atomic E-state index is 13.3. The lowest BCUT2D eigenvalue weighted by atomic mass is 9.96. The number of anilines is 2. The number of ether oxygens (including phenoxy) is 1. The number of piperidine rings is 1. The van der Waals surface area contributed by atoms with Gasteiger partial charge in [-0.2, -0.15) is 0 Å². The third kappa shape index (κ3) is 3.74. The molecule has 0 aliphatic carbocycles. The van der Waals surface area contributed by atoms with Crippen LogP contribution in [0.5, 0.6) is 5.88 Å². The van der Waals surface area contributed by atoms with Crippen LogP contribution in [0.3, 0.4) is 0 Å². The minimum Gasteiger partial charge on any atom is -0.478 e. The molecule has 1 N–H and O–H groups in total. The molecule has 1 fully saturated rings. The number of rotatable bonds is 4. The second-order valence-corrected chi connectivity index (χ2v) is 6.81. The van der Waals surface area contributed by atoms with Crippen molar-refractivity contribution in [2.75, 3.05) is 30.4 Å². The third-order valence-corrected chi connectivity index (χ3v) is 4.97. The molecule has 1 aliphatic rings. The number of aromatic nitrogens is 2. The van der Waals surface area contributed by atoms with Crippen molar-refractivity contribution < 1.29 is 13.9 Å². The van der Waals surface area contributed by atoms with Crippen LogP contribution in [0.2, 0.25) is 0 Å². The first-order chi connectivity index (χ1) is 13.6. The fourth-order valence-electron chi connectivity index (χ4n) is 3.48. The van der Waals surface area contributed by atoms with E-state index in [2.05, 4.69) is 15.2 Å². The lowest BCUT2D eigenvalue weighted by Gasteiger charge is -2.32. The van der Waals surface area contributed by atoms with Gasteiger partial charge < -0.3 is 15.0 Å². The number of methoxy groups -OCH3 is 1. The summed E-state index contributed by atoms with van der Waals surface area (Å²) in [4.78, 5) is 23.9. The van der Waals surface area contributed by atoms with Gasteiger partial charge in [-0.25, -0.2) is 14.4 Å². The molecular formula is C21H21FN4O2. The van der Waals surface area contributed by atoms with E-state index in [0.29, 0.717) is 43.3 Å².